The third-order valence-corrected chi connectivity index (χ3v) is 3.90. The van der Waals surface area contributed by atoms with Crippen molar-refractivity contribution in [2.75, 3.05) is 0 Å². The fourth-order valence-electron chi connectivity index (χ4n) is 2.73. The molecule has 0 aliphatic heterocycles. The first-order valence-electron chi connectivity index (χ1n) is 4.83. The van der Waals surface area contributed by atoms with Crippen LogP contribution in [0, 0.1) is 11.3 Å². The number of rotatable bonds is 0. The van der Waals surface area contributed by atoms with Crippen LogP contribution in [0.3, 0.4) is 0 Å². The van der Waals surface area contributed by atoms with Crippen molar-refractivity contribution in [1.29, 1.82) is 0 Å². The highest BCUT2D eigenvalue weighted by Crippen LogP contribution is 2.53. The standard InChI is InChI=1S/C11H16O/c1-8-3-4-9-7-10(12)5-6-11(8,9)2/h9H,1,3-7H2,2H3/t9-,11+/m1/s1. The van der Waals surface area contributed by atoms with Crippen molar-refractivity contribution in [2.45, 2.75) is 39.0 Å². The molecule has 1 nitrogen and oxygen atoms in total. The summed E-state index contributed by atoms with van der Waals surface area (Å²) in [5.41, 5.74) is 1.70. The largest absolute Gasteiger partial charge is 0.300 e. The zero-order valence-corrected chi connectivity index (χ0v) is 7.73. The maximum atomic E-state index is 11.2. The summed E-state index contributed by atoms with van der Waals surface area (Å²) in [4.78, 5) is 11.2. The van der Waals surface area contributed by atoms with Gasteiger partial charge >= 0.3 is 0 Å². The third-order valence-electron chi connectivity index (χ3n) is 3.90. The Kier molecular flexibility index (Phi) is 1.64. The molecule has 1 heteroatoms. The van der Waals surface area contributed by atoms with Gasteiger partial charge < -0.3 is 0 Å². The van der Waals surface area contributed by atoms with Crippen molar-refractivity contribution in [2.24, 2.45) is 11.3 Å². The Balaban J connectivity index is 2.24. The van der Waals surface area contributed by atoms with Crippen molar-refractivity contribution >= 4 is 5.78 Å². The summed E-state index contributed by atoms with van der Waals surface area (Å²) >= 11 is 0. The van der Waals surface area contributed by atoms with Crippen LogP contribution in [0.4, 0.5) is 0 Å². The first-order chi connectivity index (χ1) is 5.63. The fourth-order valence-corrected chi connectivity index (χ4v) is 2.73. The molecule has 2 atom stereocenters. The predicted molar refractivity (Wildman–Crippen MR) is 48.8 cm³/mol. The highest BCUT2D eigenvalue weighted by molar-refractivity contribution is 5.80. The van der Waals surface area contributed by atoms with Gasteiger partial charge in [0.2, 0.25) is 0 Å². The first-order valence-corrected chi connectivity index (χ1v) is 4.83. The summed E-state index contributed by atoms with van der Waals surface area (Å²) in [5.74, 6) is 1.08. The van der Waals surface area contributed by atoms with Crippen molar-refractivity contribution in [3.8, 4) is 0 Å². The van der Waals surface area contributed by atoms with E-state index in [0.29, 0.717) is 17.1 Å². The highest BCUT2D eigenvalue weighted by Gasteiger charge is 2.44. The Morgan fingerprint density at radius 3 is 3.00 bits per heavy atom. The van der Waals surface area contributed by atoms with Crippen LogP contribution in [0.1, 0.15) is 39.0 Å². The molecule has 2 aliphatic rings. The van der Waals surface area contributed by atoms with E-state index in [2.05, 4.69) is 13.5 Å². The SMILES string of the molecule is C=C1CC[C@@H]2CC(=O)CC[C@@]12C. The molecule has 2 rings (SSSR count). The molecule has 0 N–H and O–H groups in total. The zero-order chi connectivity index (χ0) is 8.77. The summed E-state index contributed by atoms with van der Waals surface area (Å²) in [6.07, 6.45) is 4.99. The van der Waals surface area contributed by atoms with Crippen LogP contribution in [0.15, 0.2) is 12.2 Å². The molecule has 2 fully saturated rings. The van der Waals surface area contributed by atoms with E-state index < -0.39 is 0 Å². The molecule has 0 aromatic carbocycles. The minimum atomic E-state index is 0.313. The summed E-state index contributed by atoms with van der Waals surface area (Å²) in [5, 5.41) is 0. The second-order valence-corrected chi connectivity index (χ2v) is 4.50. The quantitative estimate of drug-likeness (QED) is 0.503. The van der Waals surface area contributed by atoms with Crippen LogP contribution < -0.4 is 0 Å². The highest BCUT2D eigenvalue weighted by atomic mass is 16.1. The van der Waals surface area contributed by atoms with Gasteiger partial charge in [0.25, 0.3) is 0 Å². The number of hydrogen-bond donors (Lipinski definition) is 0. The lowest BCUT2D eigenvalue weighted by Gasteiger charge is -2.36. The number of Topliss-reactive ketones (excluding diaryl/α,β-unsaturated/α-hetero) is 1. The van der Waals surface area contributed by atoms with Crippen LogP contribution in [0.5, 0.6) is 0 Å². The van der Waals surface area contributed by atoms with E-state index in [1.54, 1.807) is 0 Å². The second kappa shape index (κ2) is 2.45. The minimum absolute atomic E-state index is 0.313. The van der Waals surface area contributed by atoms with Crippen LogP contribution in [-0.2, 0) is 4.79 Å². The van der Waals surface area contributed by atoms with Crippen molar-refractivity contribution in [3.05, 3.63) is 12.2 Å². The van der Waals surface area contributed by atoms with E-state index in [1.165, 1.54) is 12.0 Å². The minimum Gasteiger partial charge on any atom is -0.300 e. The number of carbonyl (C=O) groups is 1. The lowest BCUT2D eigenvalue weighted by atomic mass is 9.68. The number of ketones is 1. The van der Waals surface area contributed by atoms with Gasteiger partial charge in [-0.1, -0.05) is 19.1 Å². The molecule has 2 aliphatic carbocycles. The second-order valence-electron chi connectivity index (χ2n) is 4.50. The summed E-state index contributed by atoms with van der Waals surface area (Å²) < 4.78 is 0. The third kappa shape index (κ3) is 0.954. The molecule has 2 saturated carbocycles. The van der Waals surface area contributed by atoms with E-state index in [9.17, 15) is 4.79 Å². The Morgan fingerprint density at radius 1 is 1.50 bits per heavy atom. The maximum absolute atomic E-state index is 11.2. The zero-order valence-electron chi connectivity index (χ0n) is 7.73. The lowest BCUT2D eigenvalue weighted by Crippen LogP contribution is -2.30. The van der Waals surface area contributed by atoms with Gasteiger partial charge in [0, 0.05) is 12.8 Å². The first kappa shape index (κ1) is 8.03. The topological polar surface area (TPSA) is 17.1 Å². The van der Waals surface area contributed by atoms with Crippen molar-refractivity contribution in [3.63, 3.8) is 0 Å². The van der Waals surface area contributed by atoms with Gasteiger partial charge in [0.1, 0.15) is 5.78 Å². The van der Waals surface area contributed by atoms with Crippen molar-refractivity contribution < 1.29 is 4.79 Å². The summed E-state index contributed by atoms with van der Waals surface area (Å²) in [6, 6.07) is 0. The van der Waals surface area contributed by atoms with Crippen LogP contribution in [0.25, 0.3) is 0 Å². The van der Waals surface area contributed by atoms with Gasteiger partial charge in [-0.25, -0.2) is 0 Å². The Bertz CT molecular complexity index is 241. The molecular formula is C11H16O. The van der Waals surface area contributed by atoms with Crippen LogP contribution in [0.2, 0.25) is 0 Å². The number of hydrogen-bond acceptors (Lipinski definition) is 1. The smallest absolute Gasteiger partial charge is 0.133 e. The molecule has 0 heterocycles. The lowest BCUT2D eigenvalue weighted by molar-refractivity contribution is -0.123. The molecule has 0 amide bonds. The molecule has 66 valence electrons. The molecule has 0 radical (unpaired) electrons. The summed E-state index contributed by atoms with van der Waals surface area (Å²) in [7, 11) is 0. The predicted octanol–water partition coefficient (Wildman–Crippen LogP) is 2.71. The molecule has 12 heavy (non-hydrogen) atoms. The number of carbonyl (C=O) groups excluding carboxylic acids is 1. The normalized spacial score (nSPS) is 41.6. The van der Waals surface area contributed by atoms with Crippen molar-refractivity contribution in [1.82, 2.24) is 0 Å². The van der Waals surface area contributed by atoms with Gasteiger partial charge in [0.05, 0.1) is 0 Å². The van der Waals surface area contributed by atoms with E-state index in [1.807, 2.05) is 0 Å². The van der Waals surface area contributed by atoms with Crippen LogP contribution in [-0.4, -0.2) is 5.78 Å². The molecule has 0 spiro atoms. The molecule has 0 unspecified atom stereocenters. The Hall–Kier alpha value is -0.590. The monoisotopic (exact) mass is 164 g/mol. The van der Waals surface area contributed by atoms with E-state index >= 15 is 0 Å². The Labute approximate surface area is 73.8 Å². The molecular weight excluding hydrogens is 148 g/mol. The van der Waals surface area contributed by atoms with Gasteiger partial charge in [0.15, 0.2) is 0 Å². The number of allylic oxidation sites excluding steroid dienone is 1. The molecule has 0 bridgehead atoms. The Morgan fingerprint density at radius 2 is 2.25 bits per heavy atom. The molecule has 0 aromatic heterocycles. The van der Waals surface area contributed by atoms with Gasteiger partial charge in [-0.3, -0.25) is 4.79 Å². The maximum Gasteiger partial charge on any atom is 0.133 e. The van der Waals surface area contributed by atoms with Crippen LogP contribution >= 0.6 is 0 Å². The van der Waals surface area contributed by atoms with Gasteiger partial charge in [-0.2, -0.15) is 0 Å². The van der Waals surface area contributed by atoms with Gasteiger partial charge in [-0.15, -0.1) is 0 Å². The van der Waals surface area contributed by atoms with E-state index in [-0.39, 0.29) is 0 Å². The average Bonchev–Trinajstić information content (AvgIpc) is 2.31. The molecule has 0 aromatic rings. The number of fused-ring (bicyclic) bond motifs is 1. The summed E-state index contributed by atoms with van der Waals surface area (Å²) in [6.45, 7) is 6.42. The van der Waals surface area contributed by atoms with E-state index in [0.717, 1.165) is 25.7 Å². The van der Waals surface area contributed by atoms with Gasteiger partial charge in [-0.05, 0) is 30.6 Å². The van der Waals surface area contributed by atoms with E-state index in [4.69, 9.17) is 0 Å². The average molecular weight is 164 g/mol. The molecule has 0 saturated heterocycles. The fraction of sp³-hybridized carbons (Fsp3) is 0.727.